The summed E-state index contributed by atoms with van der Waals surface area (Å²) < 4.78 is 39.0. The van der Waals surface area contributed by atoms with Crippen molar-refractivity contribution in [3.63, 3.8) is 0 Å². The van der Waals surface area contributed by atoms with Crippen molar-refractivity contribution in [1.82, 2.24) is 4.57 Å². The smallest absolute Gasteiger partial charge is 0.399 e. The van der Waals surface area contributed by atoms with Gasteiger partial charge in [-0.15, -0.1) is 0 Å². The molecule has 1 fully saturated rings. The Balaban J connectivity index is 1.48. The quantitative estimate of drug-likeness (QED) is 0.173. The lowest BCUT2D eigenvalue weighted by molar-refractivity contribution is 0.00578. The highest BCUT2D eigenvalue weighted by Gasteiger charge is 2.51. The van der Waals surface area contributed by atoms with E-state index < -0.39 is 25.9 Å². The van der Waals surface area contributed by atoms with Crippen LogP contribution in [0.25, 0.3) is 21.8 Å². The minimum Gasteiger partial charge on any atom is -0.399 e. The summed E-state index contributed by atoms with van der Waals surface area (Å²) in [5, 5.41) is 2.42. The van der Waals surface area contributed by atoms with Crippen molar-refractivity contribution in [1.29, 1.82) is 0 Å². The minimum atomic E-state index is -3.14. The van der Waals surface area contributed by atoms with Crippen LogP contribution < -0.4 is 5.46 Å². The van der Waals surface area contributed by atoms with Crippen LogP contribution in [0, 0.1) is 0 Å². The molecule has 0 spiro atoms. The largest absolute Gasteiger partial charge is 0.494 e. The van der Waals surface area contributed by atoms with E-state index in [0.29, 0.717) is 19.8 Å². The van der Waals surface area contributed by atoms with Crippen molar-refractivity contribution >= 4 is 42.0 Å². The third kappa shape index (κ3) is 5.11. The van der Waals surface area contributed by atoms with Gasteiger partial charge in [0.05, 0.1) is 30.6 Å². The molecule has 0 bridgehead atoms. The first-order valence-corrected chi connectivity index (χ1v) is 15.1. The van der Waals surface area contributed by atoms with Crippen molar-refractivity contribution in [2.24, 2.45) is 0 Å². The summed E-state index contributed by atoms with van der Waals surface area (Å²) in [6.07, 6.45) is 0.266. The molecule has 0 atom stereocenters. The molecule has 0 radical (unpaired) electrons. The molecule has 5 rings (SSSR count). The molecule has 0 aliphatic carbocycles. The highest BCUT2D eigenvalue weighted by Crippen LogP contribution is 2.51. The van der Waals surface area contributed by atoms with E-state index in [4.69, 9.17) is 18.4 Å². The van der Waals surface area contributed by atoms with Gasteiger partial charge in [0, 0.05) is 28.4 Å². The second-order valence-electron chi connectivity index (χ2n) is 10.9. The monoisotopic (exact) mass is 533 g/mol. The van der Waals surface area contributed by atoms with E-state index in [9.17, 15) is 4.57 Å². The van der Waals surface area contributed by atoms with Crippen LogP contribution in [-0.2, 0) is 35.6 Å². The second kappa shape index (κ2) is 10.3. The first-order valence-electron chi connectivity index (χ1n) is 13.4. The van der Waals surface area contributed by atoms with Crippen molar-refractivity contribution in [3.8, 4) is 0 Å². The zero-order valence-electron chi connectivity index (χ0n) is 23.2. The van der Waals surface area contributed by atoms with Crippen LogP contribution in [0.1, 0.15) is 52.7 Å². The van der Waals surface area contributed by atoms with Crippen molar-refractivity contribution in [2.45, 2.75) is 65.5 Å². The average Bonchev–Trinajstić information content (AvgIpc) is 3.29. The second-order valence-corrected chi connectivity index (χ2v) is 12.9. The van der Waals surface area contributed by atoms with E-state index in [2.05, 4.69) is 86.9 Å². The molecule has 1 saturated heterocycles. The van der Waals surface area contributed by atoms with Gasteiger partial charge in [-0.3, -0.25) is 4.57 Å². The summed E-state index contributed by atoms with van der Waals surface area (Å²) in [6, 6.07) is 23.2. The lowest BCUT2D eigenvalue weighted by Crippen LogP contribution is -2.41. The minimum absolute atomic E-state index is 0.266. The topological polar surface area (TPSA) is 58.9 Å². The van der Waals surface area contributed by atoms with Gasteiger partial charge in [0.15, 0.2) is 0 Å². The summed E-state index contributed by atoms with van der Waals surface area (Å²) >= 11 is 0. The van der Waals surface area contributed by atoms with E-state index in [0.717, 1.165) is 22.1 Å². The molecule has 1 aliphatic heterocycles. The number of aromatic nitrogens is 1. The number of hydrogen-bond acceptors (Lipinski definition) is 5. The summed E-state index contributed by atoms with van der Waals surface area (Å²) in [5.41, 5.74) is 4.63. The fourth-order valence-electron chi connectivity index (χ4n) is 5.04. The lowest BCUT2D eigenvalue weighted by atomic mass is 9.79. The Morgan fingerprint density at radius 3 is 2.00 bits per heavy atom. The third-order valence-corrected chi connectivity index (χ3v) is 9.77. The molecule has 0 unspecified atom stereocenters. The van der Waals surface area contributed by atoms with Gasteiger partial charge in [-0.1, -0.05) is 54.6 Å². The Hall–Kier alpha value is -2.41. The van der Waals surface area contributed by atoms with Gasteiger partial charge in [0.25, 0.3) is 0 Å². The molecule has 8 heteroatoms. The predicted molar refractivity (Wildman–Crippen MR) is 155 cm³/mol. The molecule has 1 aliphatic rings. The predicted octanol–water partition coefficient (Wildman–Crippen LogP) is 6.91. The van der Waals surface area contributed by atoms with Crippen LogP contribution >= 0.6 is 7.60 Å². The van der Waals surface area contributed by atoms with E-state index in [1.807, 2.05) is 26.0 Å². The van der Waals surface area contributed by atoms with Crippen molar-refractivity contribution < 1.29 is 22.9 Å². The van der Waals surface area contributed by atoms with Gasteiger partial charge in [0.2, 0.25) is 0 Å². The SMILES string of the molecule is CCOP(=O)(Cc1ccc(Cn2c3ccccc3c3ccc(B4OC(C)(C)C(C)(C)O4)cc32)cc1)OCC. The molecule has 0 N–H and O–H groups in total. The average molecular weight is 533 g/mol. The molecular weight excluding hydrogens is 496 g/mol. The zero-order chi connectivity index (χ0) is 27.1. The maximum atomic E-state index is 13.0. The fraction of sp³-hybridized carbons (Fsp3) is 0.400. The molecule has 2 heterocycles. The van der Waals surface area contributed by atoms with E-state index >= 15 is 0 Å². The van der Waals surface area contributed by atoms with Crippen LogP contribution in [0.15, 0.2) is 66.7 Å². The van der Waals surface area contributed by atoms with E-state index in [1.165, 1.54) is 16.3 Å². The maximum Gasteiger partial charge on any atom is 0.494 e. The summed E-state index contributed by atoms with van der Waals surface area (Å²) in [4.78, 5) is 0. The molecule has 6 nitrogen and oxygen atoms in total. The van der Waals surface area contributed by atoms with Gasteiger partial charge in [-0.25, -0.2) is 0 Å². The van der Waals surface area contributed by atoms with Gasteiger partial charge in [-0.2, -0.15) is 0 Å². The molecule has 4 aromatic rings. The van der Waals surface area contributed by atoms with E-state index in [1.54, 1.807) is 0 Å². The molecule has 0 amide bonds. The Bertz CT molecular complexity index is 1470. The van der Waals surface area contributed by atoms with Crippen LogP contribution in [0.4, 0.5) is 0 Å². The number of para-hydroxylation sites is 1. The highest BCUT2D eigenvalue weighted by molar-refractivity contribution is 7.53. The van der Waals surface area contributed by atoms with Crippen LogP contribution in [0.2, 0.25) is 0 Å². The van der Waals surface area contributed by atoms with Gasteiger partial charge in [0.1, 0.15) is 0 Å². The number of benzene rings is 3. The Kier molecular flexibility index (Phi) is 7.36. The fourth-order valence-corrected chi connectivity index (χ4v) is 6.74. The van der Waals surface area contributed by atoms with Crippen molar-refractivity contribution in [2.75, 3.05) is 13.2 Å². The van der Waals surface area contributed by atoms with Crippen LogP contribution in [0.5, 0.6) is 0 Å². The summed E-state index contributed by atoms with van der Waals surface area (Å²) in [6.45, 7) is 13.4. The van der Waals surface area contributed by atoms with Crippen molar-refractivity contribution in [3.05, 3.63) is 77.9 Å². The Morgan fingerprint density at radius 2 is 1.37 bits per heavy atom. The molecule has 200 valence electrons. The summed E-state index contributed by atoms with van der Waals surface area (Å²) in [7, 11) is -3.56. The lowest BCUT2D eigenvalue weighted by Gasteiger charge is -2.32. The molecular formula is C30H37BNO5P. The normalized spacial score (nSPS) is 17.1. The third-order valence-electron chi connectivity index (χ3n) is 7.71. The van der Waals surface area contributed by atoms with Gasteiger partial charge < -0.3 is 22.9 Å². The first kappa shape index (κ1) is 27.2. The molecule has 38 heavy (non-hydrogen) atoms. The first-order chi connectivity index (χ1) is 18.1. The number of fused-ring (bicyclic) bond motifs is 3. The molecule has 0 saturated carbocycles. The number of rotatable bonds is 9. The highest BCUT2D eigenvalue weighted by atomic mass is 31.2. The van der Waals surface area contributed by atoms with Gasteiger partial charge >= 0.3 is 14.7 Å². The van der Waals surface area contributed by atoms with E-state index in [-0.39, 0.29) is 6.16 Å². The standard InChI is InChI=1S/C30H37BNO5P/c1-7-34-38(33,35-8-2)21-23-15-13-22(14-16-23)20-32-27-12-10-9-11-25(27)26-18-17-24(19-28(26)32)31-36-29(3,4)30(5,6)37-31/h9-19H,7-8,20-21H2,1-6H3. The number of hydrogen-bond donors (Lipinski definition) is 0. The number of nitrogens with zero attached hydrogens (tertiary/aromatic N) is 1. The van der Waals surface area contributed by atoms with Gasteiger partial charge in [-0.05, 0) is 70.3 Å². The molecule has 3 aromatic carbocycles. The summed E-state index contributed by atoms with van der Waals surface area (Å²) in [5.74, 6) is 0. The molecule has 1 aromatic heterocycles. The Labute approximate surface area is 225 Å². The maximum absolute atomic E-state index is 13.0. The van der Waals surface area contributed by atoms with Crippen LogP contribution in [0.3, 0.4) is 0 Å². The zero-order valence-corrected chi connectivity index (χ0v) is 24.1. The Morgan fingerprint density at radius 1 is 0.789 bits per heavy atom. The van der Waals surface area contributed by atoms with Crippen LogP contribution in [-0.4, -0.2) is 36.1 Å².